The average Bonchev–Trinajstić information content (AvgIpc) is 2.71. The molecule has 0 fully saturated rings. The lowest BCUT2D eigenvalue weighted by molar-refractivity contribution is -0.143. The van der Waals surface area contributed by atoms with E-state index in [1.807, 2.05) is 11.8 Å². The number of carboxylic acid groups (broad SMARTS) is 2. The maximum atomic E-state index is 9.64. The van der Waals surface area contributed by atoms with E-state index in [-0.39, 0.29) is 18.3 Å². The fraction of sp³-hybridized carbons (Fsp3) is 0.385. The molecule has 5 nitrogen and oxygen atoms in total. The molecule has 172 valence electrons. The first-order chi connectivity index (χ1) is 15.0. The van der Waals surface area contributed by atoms with E-state index in [9.17, 15) is 9.59 Å². The summed E-state index contributed by atoms with van der Waals surface area (Å²) in [5.74, 6) is -2.15. The molecule has 1 heterocycles. The second-order valence-corrected chi connectivity index (χ2v) is 10.1. The molecule has 32 heavy (non-hydrogen) atoms. The monoisotopic (exact) mass is 455 g/mol. The van der Waals surface area contributed by atoms with Gasteiger partial charge in [0, 0.05) is 16.3 Å². The molecule has 1 aliphatic rings. The lowest BCUT2D eigenvalue weighted by Crippen LogP contribution is -2.13. The Morgan fingerprint density at radius 1 is 0.938 bits per heavy atom. The third kappa shape index (κ3) is 7.53. The first-order valence-corrected chi connectivity index (χ1v) is 11.5. The molecule has 2 aromatic rings. The molecule has 0 aromatic heterocycles. The summed E-state index contributed by atoms with van der Waals surface area (Å²) in [5, 5.41) is 15.8. The number of carbonyl (C=O) groups is 2. The number of benzene rings is 2. The van der Waals surface area contributed by atoms with Crippen molar-refractivity contribution in [2.24, 2.45) is 0 Å². The van der Waals surface area contributed by atoms with Gasteiger partial charge in [-0.3, -0.25) is 9.59 Å². The number of fused-ring (bicyclic) bond motifs is 2. The summed E-state index contributed by atoms with van der Waals surface area (Å²) in [6, 6.07) is 15.8. The Balaban J connectivity index is 0.000000390. The minimum Gasteiger partial charge on any atom is -0.481 e. The Bertz CT molecular complexity index is 976. The highest BCUT2D eigenvalue weighted by Crippen LogP contribution is 2.46. The van der Waals surface area contributed by atoms with Gasteiger partial charge in [0.25, 0.3) is 0 Å². The van der Waals surface area contributed by atoms with E-state index >= 15 is 0 Å². The van der Waals surface area contributed by atoms with Crippen molar-refractivity contribution in [2.75, 3.05) is 20.6 Å². The van der Waals surface area contributed by atoms with Gasteiger partial charge < -0.3 is 15.1 Å². The Morgan fingerprint density at radius 3 is 2.09 bits per heavy atom. The number of hydrogen-bond acceptors (Lipinski definition) is 4. The van der Waals surface area contributed by atoms with Gasteiger partial charge in [-0.15, -0.1) is 0 Å². The Kier molecular flexibility index (Phi) is 9.10. The summed E-state index contributed by atoms with van der Waals surface area (Å²) < 4.78 is 0. The SMILES string of the molecule is CN(C)CC/C=C1\c2ccccc2Sc2ccc(C(C)(C)C)cc21.O=C(O)CCC(=O)O. The zero-order chi connectivity index (χ0) is 23.9. The van der Waals surface area contributed by atoms with Gasteiger partial charge in [0.1, 0.15) is 0 Å². The molecule has 0 bridgehead atoms. The van der Waals surface area contributed by atoms with Crippen molar-refractivity contribution < 1.29 is 19.8 Å². The molecule has 0 aliphatic carbocycles. The van der Waals surface area contributed by atoms with E-state index < -0.39 is 11.9 Å². The quantitative estimate of drug-likeness (QED) is 0.491. The molecular formula is C26H33NO4S. The molecule has 6 heteroatoms. The summed E-state index contributed by atoms with van der Waals surface area (Å²) in [4.78, 5) is 24.3. The van der Waals surface area contributed by atoms with Crippen molar-refractivity contribution in [3.63, 3.8) is 0 Å². The highest BCUT2D eigenvalue weighted by atomic mass is 32.2. The highest BCUT2D eigenvalue weighted by molar-refractivity contribution is 7.99. The summed E-state index contributed by atoms with van der Waals surface area (Å²) in [7, 11) is 4.27. The van der Waals surface area contributed by atoms with Crippen LogP contribution in [0.3, 0.4) is 0 Å². The van der Waals surface area contributed by atoms with Crippen LogP contribution in [0.5, 0.6) is 0 Å². The highest BCUT2D eigenvalue weighted by Gasteiger charge is 2.23. The van der Waals surface area contributed by atoms with Crippen molar-refractivity contribution in [1.82, 2.24) is 4.90 Å². The smallest absolute Gasteiger partial charge is 0.303 e. The number of rotatable bonds is 6. The number of carboxylic acids is 2. The van der Waals surface area contributed by atoms with Crippen LogP contribution in [0.4, 0.5) is 0 Å². The van der Waals surface area contributed by atoms with Crippen molar-refractivity contribution in [2.45, 2.75) is 55.2 Å². The number of nitrogens with zero attached hydrogens (tertiary/aromatic N) is 1. The van der Waals surface area contributed by atoms with Crippen LogP contribution in [0, 0.1) is 0 Å². The zero-order valence-corrected chi connectivity index (χ0v) is 20.3. The molecule has 3 rings (SSSR count). The Labute approximate surface area is 195 Å². The zero-order valence-electron chi connectivity index (χ0n) is 19.5. The number of hydrogen-bond donors (Lipinski definition) is 2. The fourth-order valence-electron chi connectivity index (χ4n) is 3.24. The molecular weight excluding hydrogens is 422 g/mol. The number of aliphatic carboxylic acids is 2. The molecule has 1 aliphatic heterocycles. The van der Waals surface area contributed by atoms with E-state index in [0.717, 1.165) is 13.0 Å². The van der Waals surface area contributed by atoms with Crippen LogP contribution in [-0.2, 0) is 15.0 Å². The molecule has 2 aromatic carbocycles. The van der Waals surface area contributed by atoms with Crippen LogP contribution in [0.1, 0.15) is 56.7 Å². The third-order valence-electron chi connectivity index (χ3n) is 5.01. The normalized spacial score (nSPS) is 13.8. The van der Waals surface area contributed by atoms with Crippen molar-refractivity contribution in [1.29, 1.82) is 0 Å². The van der Waals surface area contributed by atoms with Gasteiger partial charge in [-0.1, -0.05) is 62.9 Å². The molecule has 0 unspecified atom stereocenters. The van der Waals surface area contributed by atoms with Crippen LogP contribution >= 0.6 is 11.8 Å². The van der Waals surface area contributed by atoms with Gasteiger partial charge in [0.15, 0.2) is 0 Å². The van der Waals surface area contributed by atoms with Gasteiger partial charge in [0.05, 0.1) is 12.8 Å². The predicted octanol–water partition coefficient (Wildman–Crippen LogP) is 5.77. The van der Waals surface area contributed by atoms with Gasteiger partial charge >= 0.3 is 11.9 Å². The van der Waals surface area contributed by atoms with Crippen LogP contribution in [-0.4, -0.2) is 47.7 Å². The van der Waals surface area contributed by atoms with E-state index in [2.05, 4.69) is 88.3 Å². The van der Waals surface area contributed by atoms with E-state index in [1.165, 1.54) is 32.1 Å². The topological polar surface area (TPSA) is 77.8 Å². The molecule has 0 radical (unpaired) electrons. The van der Waals surface area contributed by atoms with Crippen molar-refractivity contribution in [3.8, 4) is 0 Å². The van der Waals surface area contributed by atoms with E-state index in [0.29, 0.717) is 0 Å². The summed E-state index contributed by atoms with van der Waals surface area (Å²) in [5.41, 5.74) is 5.74. The first kappa shape index (κ1) is 25.7. The average molecular weight is 456 g/mol. The third-order valence-corrected chi connectivity index (χ3v) is 6.16. The lowest BCUT2D eigenvalue weighted by atomic mass is 9.84. The summed E-state index contributed by atoms with van der Waals surface area (Å²) in [6.45, 7) is 7.93. The van der Waals surface area contributed by atoms with Crippen molar-refractivity contribution >= 4 is 29.3 Å². The van der Waals surface area contributed by atoms with Crippen LogP contribution in [0.25, 0.3) is 5.57 Å². The minimum absolute atomic E-state index is 0.172. The molecule has 0 spiro atoms. The van der Waals surface area contributed by atoms with E-state index in [1.54, 1.807) is 0 Å². The van der Waals surface area contributed by atoms with Crippen LogP contribution in [0.2, 0.25) is 0 Å². The molecule has 0 amide bonds. The Hall–Kier alpha value is -2.57. The van der Waals surface area contributed by atoms with Gasteiger partial charge in [-0.05, 0) is 66.4 Å². The minimum atomic E-state index is -1.08. The second-order valence-electron chi connectivity index (χ2n) is 9.06. The van der Waals surface area contributed by atoms with Gasteiger partial charge in [0.2, 0.25) is 0 Å². The van der Waals surface area contributed by atoms with Crippen LogP contribution in [0.15, 0.2) is 58.3 Å². The van der Waals surface area contributed by atoms with Gasteiger partial charge in [-0.2, -0.15) is 0 Å². The predicted molar refractivity (Wildman–Crippen MR) is 130 cm³/mol. The van der Waals surface area contributed by atoms with E-state index in [4.69, 9.17) is 10.2 Å². The lowest BCUT2D eigenvalue weighted by Gasteiger charge is -2.26. The van der Waals surface area contributed by atoms with Gasteiger partial charge in [-0.25, -0.2) is 0 Å². The Morgan fingerprint density at radius 2 is 1.53 bits per heavy atom. The standard InChI is InChI=1S/C22H27NS.C4H6O4/c1-22(2,3)16-12-13-21-19(15-16)17(10-8-14-23(4)5)18-9-6-7-11-20(18)24-21;5-3(6)1-2-4(7)8/h6-7,9-13,15H,8,14H2,1-5H3;1-2H2,(H,5,6)(H,7,8)/b17-10+;. The second kappa shape index (κ2) is 11.3. The molecule has 2 N–H and O–H groups in total. The van der Waals surface area contributed by atoms with Crippen molar-refractivity contribution in [3.05, 3.63) is 65.2 Å². The largest absolute Gasteiger partial charge is 0.481 e. The molecule has 0 saturated carbocycles. The van der Waals surface area contributed by atoms with Crippen LogP contribution < -0.4 is 0 Å². The maximum Gasteiger partial charge on any atom is 0.303 e. The molecule has 0 atom stereocenters. The summed E-state index contributed by atoms with van der Waals surface area (Å²) in [6.07, 6.45) is 2.90. The molecule has 0 saturated heterocycles. The maximum absolute atomic E-state index is 9.64. The fourth-order valence-corrected chi connectivity index (χ4v) is 4.32. The summed E-state index contributed by atoms with van der Waals surface area (Å²) >= 11 is 1.89. The first-order valence-electron chi connectivity index (χ1n) is 10.7.